The Bertz CT molecular complexity index is 171. The van der Waals surface area contributed by atoms with Gasteiger partial charge < -0.3 is 15.5 Å². The first-order valence-electron chi connectivity index (χ1n) is 4.18. The molecule has 0 radical (unpaired) electrons. The van der Waals surface area contributed by atoms with Crippen LogP contribution in [0.5, 0.6) is 0 Å². The molecule has 0 amide bonds. The lowest BCUT2D eigenvalue weighted by Gasteiger charge is -2.41. The van der Waals surface area contributed by atoms with Crippen molar-refractivity contribution in [3.05, 3.63) is 5.21 Å². The van der Waals surface area contributed by atoms with E-state index in [-0.39, 0.29) is 6.04 Å². The Kier molecular flexibility index (Phi) is 2.00. The quantitative estimate of drug-likeness (QED) is 0.601. The highest BCUT2D eigenvalue weighted by atomic mass is 16.6. The lowest BCUT2D eigenvalue weighted by molar-refractivity contribution is -0.206. The topological polar surface area (TPSA) is 49.8 Å². The van der Waals surface area contributed by atoms with Crippen molar-refractivity contribution >= 4 is 0 Å². The van der Waals surface area contributed by atoms with Crippen LogP contribution in [-0.2, 0) is 0 Å². The summed E-state index contributed by atoms with van der Waals surface area (Å²) in [6, 6.07) is -0.197. The van der Waals surface area contributed by atoms with Gasteiger partial charge in [-0.15, -0.1) is 0 Å². The highest BCUT2D eigenvalue weighted by Gasteiger charge is 2.50. The summed E-state index contributed by atoms with van der Waals surface area (Å²) in [6.45, 7) is 8.97. The summed E-state index contributed by atoms with van der Waals surface area (Å²) in [5, 5.41) is 23.4. The van der Waals surface area contributed by atoms with Crippen molar-refractivity contribution in [1.82, 2.24) is 10.1 Å². The standard InChI is InChI=1S/C8H17N2O2/c1-6-7(2,3)10(12)8(4,5)9(6)11/h6,12H,1-5H3/q-1. The molecule has 4 nitrogen and oxygen atoms in total. The van der Waals surface area contributed by atoms with Crippen LogP contribution in [0.15, 0.2) is 0 Å². The van der Waals surface area contributed by atoms with Crippen molar-refractivity contribution in [2.75, 3.05) is 0 Å². The van der Waals surface area contributed by atoms with Crippen molar-refractivity contribution < 1.29 is 5.21 Å². The average Bonchev–Trinajstić information content (AvgIpc) is 2.06. The molecule has 0 saturated carbocycles. The van der Waals surface area contributed by atoms with Crippen molar-refractivity contribution in [3.8, 4) is 0 Å². The van der Waals surface area contributed by atoms with Crippen LogP contribution in [0.2, 0.25) is 0 Å². The normalized spacial score (nSPS) is 35.8. The highest BCUT2D eigenvalue weighted by molar-refractivity contribution is 5.04. The summed E-state index contributed by atoms with van der Waals surface area (Å²) in [7, 11) is 0. The minimum absolute atomic E-state index is 0.197. The predicted molar refractivity (Wildman–Crippen MR) is 46.5 cm³/mol. The van der Waals surface area contributed by atoms with Gasteiger partial charge in [0.1, 0.15) is 0 Å². The zero-order valence-corrected chi connectivity index (χ0v) is 8.33. The second-order valence-electron chi connectivity index (χ2n) is 4.46. The zero-order chi connectivity index (χ0) is 9.73. The van der Waals surface area contributed by atoms with Crippen LogP contribution in [-0.4, -0.2) is 32.6 Å². The molecule has 1 N–H and O–H groups in total. The number of hydroxylamine groups is 4. The van der Waals surface area contributed by atoms with Gasteiger partial charge in [-0.2, -0.15) is 5.06 Å². The monoisotopic (exact) mass is 173 g/mol. The second-order valence-corrected chi connectivity index (χ2v) is 4.46. The van der Waals surface area contributed by atoms with Crippen LogP contribution in [0, 0.1) is 5.21 Å². The van der Waals surface area contributed by atoms with E-state index >= 15 is 0 Å². The molecule has 0 aromatic carbocycles. The first kappa shape index (κ1) is 9.92. The lowest BCUT2D eigenvalue weighted by Crippen LogP contribution is -2.49. The molecule has 0 aromatic rings. The van der Waals surface area contributed by atoms with Gasteiger partial charge in [0, 0.05) is 6.04 Å². The minimum Gasteiger partial charge on any atom is -0.784 e. The molecule has 0 spiro atoms. The van der Waals surface area contributed by atoms with Crippen molar-refractivity contribution in [3.63, 3.8) is 0 Å². The average molecular weight is 173 g/mol. The zero-order valence-electron chi connectivity index (χ0n) is 8.33. The lowest BCUT2D eigenvalue weighted by atomic mass is 9.98. The molecule has 1 aliphatic rings. The van der Waals surface area contributed by atoms with Crippen LogP contribution >= 0.6 is 0 Å². The van der Waals surface area contributed by atoms with E-state index in [0.29, 0.717) is 0 Å². The number of nitrogens with zero attached hydrogens (tertiary/aromatic N) is 2. The summed E-state index contributed by atoms with van der Waals surface area (Å²) in [6.07, 6.45) is 0. The summed E-state index contributed by atoms with van der Waals surface area (Å²) < 4.78 is 0. The summed E-state index contributed by atoms with van der Waals surface area (Å²) in [5.41, 5.74) is -1.30. The molecule has 1 saturated heterocycles. The molecule has 1 fully saturated rings. The molecule has 0 aliphatic carbocycles. The Morgan fingerprint density at radius 3 is 1.75 bits per heavy atom. The van der Waals surface area contributed by atoms with Crippen LogP contribution in [0.3, 0.4) is 0 Å². The first-order valence-corrected chi connectivity index (χ1v) is 4.18. The molecule has 4 heteroatoms. The van der Waals surface area contributed by atoms with E-state index in [1.165, 1.54) is 0 Å². The van der Waals surface area contributed by atoms with Gasteiger partial charge in [-0.1, -0.05) is 0 Å². The van der Waals surface area contributed by atoms with Gasteiger partial charge >= 0.3 is 0 Å². The fraction of sp³-hybridized carbons (Fsp3) is 1.00. The van der Waals surface area contributed by atoms with Crippen molar-refractivity contribution in [2.45, 2.75) is 51.9 Å². The maximum absolute atomic E-state index is 11.6. The third kappa shape index (κ3) is 0.992. The predicted octanol–water partition coefficient (Wildman–Crippen LogP) is 1.39. The van der Waals surface area contributed by atoms with E-state index in [2.05, 4.69) is 0 Å². The van der Waals surface area contributed by atoms with Crippen molar-refractivity contribution in [1.29, 1.82) is 0 Å². The van der Waals surface area contributed by atoms with Gasteiger partial charge in [0.2, 0.25) is 0 Å². The maximum Gasteiger partial charge on any atom is 0.0815 e. The van der Waals surface area contributed by atoms with E-state index in [9.17, 15) is 10.4 Å². The Hall–Kier alpha value is -0.160. The largest absolute Gasteiger partial charge is 0.784 e. The maximum atomic E-state index is 11.6. The van der Waals surface area contributed by atoms with E-state index in [4.69, 9.17) is 0 Å². The molecule has 12 heavy (non-hydrogen) atoms. The SMILES string of the molecule is CC1N([O-])C(C)(C)N(O)C1(C)C. The highest BCUT2D eigenvalue weighted by Crippen LogP contribution is 2.39. The summed E-state index contributed by atoms with van der Waals surface area (Å²) >= 11 is 0. The molecule has 72 valence electrons. The summed E-state index contributed by atoms with van der Waals surface area (Å²) in [4.78, 5) is 0. The van der Waals surface area contributed by atoms with Gasteiger partial charge in [-0.25, -0.2) is 0 Å². The van der Waals surface area contributed by atoms with E-state index in [0.717, 1.165) is 10.1 Å². The fourth-order valence-electron chi connectivity index (χ4n) is 1.74. The van der Waals surface area contributed by atoms with Gasteiger partial charge in [0.25, 0.3) is 0 Å². The molecule has 0 bridgehead atoms. The van der Waals surface area contributed by atoms with Crippen LogP contribution < -0.4 is 0 Å². The molecule has 0 aromatic heterocycles. The Morgan fingerprint density at radius 2 is 1.67 bits per heavy atom. The first-order chi connectivity index (χ1) is 5.22. The third-order valence-electron chi connectivity index (χ3n) is 2.98. The van der Waals surface area contributed by atoms with Gasteiger partial charge in [0.15, 0.2) is 0 Å². The second kappa shape index (κ2) is 2.42. The molecule has 1 unspecified atom stereocenters. The Balaban J connectivity index is 3.03. The molecular weight excluding hydrogens is 156 g/mol. The van der Waals surface area contributed by atoms with Crippen LogP contribution in [0.4, 0.5) is 0 Å². The smallest absolute Gasteiger partial charge is 0.0815 e. The molecule has 1 atom stereocenters. The summed E-state index contributed by atoms with van der Waals surface area (Å²) in [5.74, 6) is 0. The minimum atomic E-state index is -0.817. The molecule has 1 rings (SSSR count). The Morgan fingerprint density at radius 1 is 1.25 bits per heavy atom. The molecular formula is C8H17N2O2-. The number of hydrogen-bond acceptors (Lipinski definition) is 4. The molecule has 1 heterocycles. The Labute approximate surface area is 73.3 Å². The fourth-order valence-corrected chi connectivity index (χ4v) is 1.74. The van der Waals surface area contributed by atoms with E-state index < -0.39 is 11.2 Å². The van der Waals surface area contributed by atoms with Crippen LogP contribution in [0.25, 0.3) is 0 Å². The van der Waals surface area contributed by atoms with Gasteiger partial charge in [0.05, 0.1) is 11.2 Å². The van der Waals surface area contributed by atoms with E-state index in [1.54, 1.807) is 13.8 Å². The number of hydrogen-bond donors (Lipinski definition) is 1. The molecule has 1 aliphatic heterocycles. The van der Waals surface area contributed by atoms with Crippen LogP contribution in [0.1, 0.15) is 34.6 Å². The number of rotatable bonds is 0. The van der Waals surface area contributed by atoms with E-state index in [1.807, 2.05) is 20.8 Å². The third-order valence-corrected chi connectivity index (χ3v) is 2.98. The van der Waals surface area contributed by atoms with Gasteiger partial charge in [-0.05, 0) is 34.6 Å². The van der Waals surface area contributed by atoms with Crippen molar-refractivity contribution in [2.24, 2.45) is 0 Å². The van der Waals surface area contributed by atoms with Gasteiger partial charge in [-0.3, -0.25) is 0 Å².